The number of rotatable bonds is 2. The molecule has 1 heterocycles. The minimum absolute atomic E-state index is 1.01. The van der Waals surface area contributed by atoms with Crippen molar-refractivity contribution in [1.82, 2.24) is 9.97 Å². The Balaban J connectivity index is 2.14. The molecular weight excluding hydrogens is 353 g/mol. The minimum atomic E-state index is -2.01. The van der Waals surface area contributed by atoms with Gasteiger partial charge in [0, 0.05) is 0 Å². The summed E-state index contributed by atoms with van der Waals surface area (Å²) in [6.45, 7) is 0. The second-order valence-electron chi connectivity index (χ2n) is 7.20. The Morgan fingerprint density at radius 2 is 1.54 bits per heavy atom. The molecule has 0 aliphatic heterocycles. The van der Waals surface area contributed by atoms with Gasteiger partial charge < -0.3 is 0 Å². The molecular formula is C21H20GeN2. The fourth-order valence-corrected chi connectivity index (χ4v) is 6.73. The SMILES string of the molecule is [CH3][Ge]([CH3])([CH3])[c]1cccc2ccc3c(-c4ccccc4)ncnc3c12. The standard InChI is InChI=1S/C21H20GeN2/c1-22(2,3)18-11-7-10-15-12-13-17-20(16-8-5-4-6-9-16)23-14-24-21(17)19(15)18/h4-14H,1-3H3. The molecule has 0 fully saturated rings. The molecule has 0 radical (unpaired) electrons. The molecule has 0 saturated carbocycles. The van der Waals surface area contributed by atoms with Crippen LogP contribution in [-0.4, -0.2) is 23.2 Å². The van der Waals surface area contributed by atoms with Crippen molar-refractivity contribution in [2.75, 3.05) is 0 Å². The summed E-state index contributed by atoms with van der Waals surface area (Å²) in [5.74, 6) is 7.31. The topological polar surface area (TPSA) is 25.8 Å². The molecule has 0 amide bonds. The van der Waals surface area contributed by atoms with Crippen LogP contribution in [-0.2, 0) is 0 Å². The number of hydrogen-bond acceptors (Lipinski definition) is 2. The third-order valence-corrected chi connectivity index (χ3v) is 8.77. The summed E-state index contributed by atoms with van der Waals surface area (Å²) >= 11 is -2.01. The van der Waals surface area contributed by atoms with Crippen molar-refractivity contribution in [3.8, 4) is 11.3 Å². The van der Waals surface area contributed by atoms with Gasteiger partial charge in [-0.1, -0.05) is 0 Å². The second-order valence-corrected chi connectivity index (χ2v) is 17.8. The first-order chi connectivity index (χ1) is 11.6. The predicted octanol–water partition coefficient (Wildman–Crippen LogP) is 5.00. The van der Waals surface area contributed by atoms with Crippen LogP contribution in [0.15, 0.2) is 67.0 Å². The first-order valence-electron chi connectivity index (χ1n) is 8.28. The number of hydrogen-bond donors (Lipinski definition) is 0. The van der Waals surface area contributed by atoms with Crippen LogP contribution in [0.3, 0.4) is 0 Å². The summed E-state index contributed by atoms with van der Waals surface area (Å²) in [5.41, 5.74) is 3.23. The van der Waals surface area contributed by atoms with Gasteiger partial charge in [0.2, 0.25) is 0 Å². The van der Waals surface area contributed by atoms with Gasteiger partial charge in [0.05, 0.1) is 0 Å². The first-order valence-corrected chi connectivity index (χ1v) is 15.6. The van der Waals surface area contributed by atoms with E-state index in [0.717, 1.165) is 22.2 Å². The molecule has 4 rings (SSSR count). The van der Waals surface area contributed by atoms with Crippen molar-refractivity contribution in [2.24, 2.45) is 0 Å². The Morgan fingerprint density at radius 3 is 2.29 bits per heavy atom. The van der Waals surface area contributed by atoms with Gasteiger partial charge >= 0.3 is 145 Å². The molecule has 0 saturated heterocycles. The number of benzene rings is 3. The van der Waals surface area contributed by atoms with Gasteiger partial charge in [0.15, 0.2) is 0 Å². The molecule has 1 aromatic heterocycles. The molecule has 0 atom stereocenters. The van der Waals surface area contributed by atoms with Crippen molar-refractivity contribution in [3.63, 3.8) is 0 Å². The molecule has 3 aromatic carbocycles. The Labute approximate surface area is 144 Å². The maximum absolute atomic E-state index is 4.69. The molecule has 0 bridgehead atoms. The average Bonchev–Trinajstić information content (AvgIpc) is 2.60. The molecule has 0 N–H and O–H groups in total. The van der Waals surface area contributed by atoms with Crippen LogP contribution in [0.1, 0.15) is 0 Å². The fourth-order valence-electron chi connectivity index (χ4n) is 3.35. The van der Waals surface area contributed by atoms with Crippen LogP contribution < -0.4 is 4.40 Å². The summed E-state index contributed by atoms with van der Waals surface area (Å²) in [4.78, 5) is 9.27. The van der Waals surface area contributed by atoms with E-state index in [0.29, 0.717) is 0 Å². The van der Waals surface area contributed by atoms with Crippen LogP contribution in [0, 0.1) is 0 Å². The van der Waals surface area contributed by atoms with E-state index in [1.54, 1.807) is 6.33 Å². The monoisotopic (exact) mass is 374 g/mol. The Morgan fingerprint density at radius 1 is 0.750 bits per heavy atom. The third kappa shape index (κ3) is 2.51. The summed E-state index contributed by atoms with van der Waals surface area (Å²) < 4.78 is 1.51. The van der Waals surface area contributed by atoms with E-state index >= 15 is 0 Å². The summed E-state index contributed by atoms with van der Waals surface area (Å²) in [6.07, 6.45) is 1.70. The quantitative estimate of drug-likeness (QED) is 0.365. The molecule has 24 heavy (non-hydrogen) atoms. The van der Waals surface area contributed by atoms with E-state index in [-0.39, 0.29) is 0 Å². The first kappa shape index (κ1) is 15.3. The number of nitrogens with zero attached hydrogens (tertiary/aromatic N) is 2. The van der Waals surface area contributed by atoms with Crippen LogP contribution >= 0.6 is 0 Å². The molecule has 2 nitrogen and oxygen atoms in total. The summed E-state index contributed by atoms with van der Waals surface area (Å²) in [7, 11) is 0. The van der Waals surface area contributed by atoms with Crippen molar-refractivity contribution < 1.29 is 0 Å². The van der Waals surface area contributed by atoms with Gasteiger partial charge in [0.1, 0.15) is 0 Å². The Hall–Kier alpha value is -2.20. The normalized spacial score (nSPS) is 12.0. The number of fused-ring (bicyclic) bond motifs is 3. The van der Waals surface area contributed by atoms with Crippen molar-refractivity contribution >= 4 is 39.3 Å². The van der Waals surface area contributed by atoms with E-state index < -0.39 is 13.3 Å². The van der Waals surface area contributed by atoms with Gasteiger partial charge in [-0.3, -0.25) is 0 Å². The maximum atomic E-state index is 4.69. The van der Waals surface area contributed by atoms with E-state index in [1.165, 1.54) is 15.2 Å². The van der Waals surface area contributed by atoms with Crippen molar-refractivity contribution in [3.05, 3.63) is 67.0 Å². The number of aromatic nitrogens is 2. The Kier molecular flexibility index (Phi) is 3.65. The van der Waals surface area contributed by atoms with E-state index in [9.17, 15) is 0 Å². The molecule has 0 aliphatic carbocycles. The van der Waals surface area contributed by atoms with Gasteiger partial charge in [-0.15, -0.1) is 0 Å². The third-order valence-electron chi connectivity index (χ3n) is 4.50. The zero-order valence-electron chi connectivity index (χ0n) is 14.2. The van der Waals surface area contributed by atoms with Crippen molar-refractivity contribution in [2.45, 2.75) is 17.3 Å². The van der Waals surface area contributed by atoms with Gasteiger partial charge in [-0.05, 0) is 0 Å². The van der Waals surface area contributed by atoms with Crippen molar-refractivity contribution in [1.29, 1.82) is 0 Å². The van der Waals surface area contributed by atoms with E-state index in [4.69, 9.17) is 0 Å². The van der Waals surface area contributed by atoms with E-state index in [1.807, 2.05) is 6.07 Å². The molecule has 3 heteroatoms. The van der Waals surface area contributed by atoms with Gasteiger partial charge in [-0.25, -0.2) is 0 Å². The molecule has 118 valence electrons. The molecule has 0 unspecified atom stereocenters. The molecule has 0 spiro atoms. The van der Waals surface area contributed by atoms with Crippen LogP contribution in [0.25, 0.3) is 32.9 Å². The molecule has 0 aliphatic rings. The predicted molar refractivity (Wildman–Crippen MR) is 105 cm³/mol. The van der Waals surface area contributed by atoms with Gasteiger partial charge in [0.25, 0.3) is 0 Å². The summed E-state index contributed by atoms with van der Waals surface area (Å²) in [6, 6.07) is 21.4. The van der Waals surface area contributed by atoms with Gasteiger partial charge in [-0.2, -0.15) is 0 Å². The fraction of sp³-hybridized carbons (Fsp3) is 0.143. The zero-order valence-corrected chi connectivity index (χ0v) is 16.3. The Bertz CT molecular complexity index is 1030. The zero-order chi connectivity index (χ0) is 16.7. The van der Waals surface area contributed by atoms with Crippen LogP contribution in [0.5, 0.6) is 0 Å². The average molecular weight is 373 g/mol. The van der Waals surface area contributed by atoms with Crippen LogP contribution in [0.2, 0.25) is 17.3 Å². The van der Waals surface area contributed by atoms with Crippen LogP contribution in [0.4, 0.5) is 0 Å². The molecule has 4 aromatic rings. The summed E-state index contributed by atoms with van der Waals surface area (Å²) in [5, 5.41) is 3.73. The van der Waals surface area contributed by atoms with E-state index in [2.05, 4.69) is 81.8 Å². The second kappa shape index (κ2) is 5.71.